The molecule has 1 aliphatic heterocycles. The molecule has 0 atom stereocenters. The number of ether oxygens (including phenoxy) is 3. The van der Waals surface area contributed by atoms with Crippen LogP contribution in [0.25, 0.3) is 27.7 Å². The Bertz CT molecular complexity index is 1870. The van der Waals surface area contributed by atoms with Crippen LogP contribution < -0.4 is 9.88 Å². The Labute approximate surface area is 290 Å². The van der Waals surface area contributed by atoms with Gasteiger partial charge in [0.1, 0.15) is 11.4 Å². The van der Waals surface area contributed by atoms with Crippen LogP contribution in [0.4, 0.5) is 0 Å². The van der Waals surface area contributed by atoms with Crippen molar-refractivity contribution in [3.05, 3.63) is 58.7 Å². The van der Waals surface area contributed by atoms with Crippen LogP contribution in [0, 0.1) is 0 Å². The molecule has 49 heavy (non-hydrogen) atoms. The minimum atomic E-state index is -3.79. The van der Waals surface area contributed by atoms with Gasteiger partial charge in [-0.25, -0.2) is 9.93 Å². The largest absolute Gasteiger partial charge is 0.497 e. The average Bonchev–Trinajstić information content (AvgIpc) is 3.31. The summed E-state index contributed by atoms with van der Waals surface area (Å²) >= 11 is 0. The molecule has 0 bridgehead atoms. The number of rotatable bonds is 11. The fourth-order valence-corrected chi connectivity index (χ4v) is 7.22. The van der Waals surface area contributed by atoms with Crippen molar-refractivity contribution >= 4 is 38.6 Å². The van der Waals surface area contributed by atoms with Crippen LogP contribution in [0.3, 0.4) is 0 Å². The Morgan fingerprint density at radius 1 is 0.980 bits per heavy atom. The minimum Gasteiger partial charge on any atom is -0.497 e. The first-order valence-corrected chi connectivity index (χ1v) is 18.5. The third kappa shape index (κ3) is 8.03. The van der Waals surface area contributed by atoms with E-state index in [0.717, 1.165) is 63.3 Å². The molecular formula is C37H50N4O7S. The standard InChI is InChI=1S/C37H50N4O7S/c1-24-30-22-27(46-7)14-16-28(30)34-33(25-11-9-8-10-12-25)29-15-13-26(36(43)48-37(2,3)4)21-32(29)41(34)23-31(24)35(42)39(5)17-19-47-20-18-40(6)49(38,44)45/h13-16,21-22,25H,8-12,17-20,23H2,1-7H3,(H2,38,44,45). The van der Waals surface area contributed by atoms with Gasteiger partial charge >= 0.3 is 5.97 Å². The van der Waals surface area contributed by atoms with Crippen molar-refractivity contribution in [2.75, 3.05) is 47.5 Å². The number of fused-ring (bicyclic) bond motifs is 5. The van der Waals surface area contributed by atoms with E-state index in [0.29, 0.717) is 35.9 Å². The molecule has 2 aliphatic rings. The van der Waals surface area contributed by atoms with E-state index in [-0.39, 0.29) is 31.6 Å². The van der Waals surface area contributed by atoms with Gasteiger partial charge in [0.05, 0.1) is 38.1 Å². The zero-order chi connectivity index (χ0) is 35.7. The molecule has 1 saturated carbocycles. The number of nitrogens with two attached hydrogens (primary N) is 1. The molecule has 0 saturated heterocycles. The summed E-state index contributed by atoms with van der Waals surface area (Å²) in [7, 11) is 0.976. The van der Waals surface area contributed by atoms with Crippen LogP contribution in [0.5, 0.6) is 5.75 Å². The van der Waals surface area contributed by atoms with E-state index in [4.69, 9.17) is 19.3 Å². The predicted octanol–water partition coefficient (Wildman–Crippen LogP) is 5.72. The van der Waals surface area contributed by atoms with Gasteiger partial charge < -0.3 is 23.7 Å². The first-order valence-electron chi connectivity index (χ1n) is 17.0. The first kappa shape index (κ1) is 36.6. The summed E-state index contributed by atoms with van der Waals surface area (Å²) in [4.78, 5) is 29.2. The highest BCUT2D eigenvalue weighted by atomic mass is 32.2. The van der Waals surface area contributed by atoms with Crippen LogP contribution in [0.2, 0.25) is 0 Å². The van der Waals surface area contributed by atoms with Crippen molar-refractivity contribution in [2.45, 2.75) is 77.9 Å². The molecule has 2 aromatic carbocycles. The van der Waals surface area contributed by atoms with Crippen molar-refractivity contribution in [2.24, 2.45) is 5.14 Å². The monoisotopic (exact) mass is 694 g/mol. The van der Waals surface area contributed by atoms with Crippen molar-refractivity contribution in [1.82, 2.24) is 13.8 Å². The van der Waals surface area contributed by atoms with Crippen molar-refractivity contribution in [3.63, 3.8) is 0 Å². The molecule has 266 valence electrons. The lowest BCUT2D eigenvalue weighted by Gasteiger charge is -2.24. The van der Waals surface area contributed by atoms with E-state index in [9.17, 15) is 18.0 Å². The third-order valence-electron chi connectivity index (χ3n) is 9.57. The summed E-state index contributed by atoms with van der Waals surface area (Å²) in [6, 6.07) is 11.9. The van der Waals surface area contributed by atoms with Gasteiger partial charge in [-0.05, 0) is 93.5 Å². The van der Waals surface area contributed by atoms with Gasteiger partial charge in [-0.3, -0.25) is 4.79 Å². The number of aromatic nitrogens is 1. The van der Waals surface area contributed by atoms with E-state index in [1.807, 2.05) is 52.0 Å². The number of esters is 1. The SMILES string of the molecule is COc1ccc2c(c1)C(C)=C(C(=O)N(C)CCOCCN(C)S(N)(=O)=O)Cn1c-2c(C2CCCCC2)c2ccc(C(=O)OC(C)(C)C)cc21. The Balaban J connectivity index is 1.58. The molecule has 2 N–H and O–H groups in total. The molecule has 2 heterocycles. The van der Waals surface area contributed by atoms with E-state index in [1.54, 1.807) is 19.1 Å². The highest BCUT2D eigenvalue weighted by Crippen LogP contribution is 2.48. The molecule has 1 amide bonds. The highest BCUT2D eigenvalue weighted by molar-refractivity contribution is 7.86. The number of amides is 1. The number of nitrogens with zero attached hydrogens (tertiary/aromatic N) is 3. The van der Waals surface area contributed by atoms with Crippen molar-refractivity contribution < 1.29 is 32.2 Å². The molecule has 1 aliphatic carbocycles. The highest BCUT2D eigenvalue weighted by Gasteiger charge is 2.33. The maximum atomic E-state index is 14.3. The quantitative estimate of drug-likeness (QED) is 0.201. The lowest BCUT2D eigenvalue weighted by Crippen LogP contribution is -2.36. The fraction of sp³-hybridized carbons (Fsp3) is 0.514. The molecule has 1 fully saturated rings. The fourth-order valence-electron chi connectivity index (χ4n) is 6.89. The Kier molecular flexibility index (Phi) is 10.9. The predicted molar refractivity (Wildman–Crippen MR) is 192 cm³/mol. The second kappa shape index (κ2) is 14.6. The lowest BCUT2D eigenvalue weighted by molar-refractivity contribution is -0.126. The van der Waals surface area contributed by atoms with Gasteiger partial charge in [-0.1, -0.05) is 25.3 Å². The summed E-state index contributed by atoms with van der Waals surface area (Å²) in [5.41, 5.74) is 6.51. The van der Waals surface area contributed by atoms with Crippen LogP contribution in [0.15, 0.2) is 42.0 Å². The number of benzene rings is 2. The zero-order valence-corrected chi connectivity index (χ0v) is 30.6. The van der Waals surface area contributed by atoms with E-state index in [2.05, 4.69) is 16.7 Å². The normalized spacial score (nSPS) is 15.6. The van der Waals surface area contributed by atoms with Crippen molar-refractivity contribution in [3.8, 4) is 17.0 Å². The number of hydrogen-bond acceptors (Lipinski definition) is 7. The molecule has 5 rings (SSSR count). The van der Waals surface area contributed by atoms with E-state index in [1.165, 1.54) is 19.0 Å². The Morgan fingerprint density at radius 3 is 2.33 bits per heavy atom. The van der Waals surface area contributed by atoms with Gasteiger partial charge in [0.25, 0.3) is 16.1 Å². The van der Waals surface area contributed by atoms with Crippen LogP contribution in [0.1, 0.15) is 87.2 Å². The number of methoxy groups -OCH3 is 1. The number of hydrogen-bond donors (Lipinski definition) is 1. The Morgan fingerprint density at radius 2 is 1.67 bits per heavy atom. The zero-order valence-electron chi connectivity index (χ0n) is 29.8. The molecule has 1 aromatic heterocycles. The third-order valence-corrected chi connectivity index (χ3v) is 10.6. The second-order valence-corrected chi connectivity index (χ2v) is 15.8. The van der Waals surface area contributed by atoms with Crippen LogP contribution in [-0.2, 0) is 31.0 Å². The molecular weight excluding hydrogens is 644 g/mol. The van der Waals surface area contributed by atoms with Gasteiger partial charge in [0.2, 0.25) is 0 Å². The molecule has 0 radical (unpaired) electrons. The van der Waals surface area contributed by atoms with Crippen LogP contribution in [-0.4, -0.2) is 87.2 Å². The second-order valence-electron chi connectivity index (χ2n) is 14.1. The van der Waals surface area contributed by atoms with Gasteiger partial charge in [-0.2, -0.15) is 12.7 Å². The molecule has 3 aromatic rings. The van der Waals surface area contributed by atoms with Gasteiger partial charge in [0, 0.05) is 49.2 Å². The Hall–Kier alpha value is -3.71. The first-order chi connectivity index (χ1) is 23.1. The molecule has 0 unspecified atom stereocenters. The minimum absolute atomic E-state index is 0.109. The number of carbonyl (C=O) groups excluding carboxylic acids is 2. The van der Waals surface area contributed by atoms with Gasteiger partial charge in [0.15, 0.2) is 0 Å². The van der Waals surface area contributed by atoms with E-state index >= 15 is 0 Å². The number of allylic oxidation sites excluding steroid dienone is 1. The summed E-state index contributed by atoms with van der Waals surface area (Å²) < 4.78 is 43.3. The van der Waals surface area contributed by atoms with Gasteiger partial charge in [-0.15, -0.1) is 0 Å². The number of likely N-dealkylation sites (N-methyl/N-ethyl adjacent to an activating group) is 2. The molecule has 12 heteroatoms. The van der Waals surface area contributed by atoms with E-state index < -0.39 is 15.8 Å². The summed E-state index contributed by atoms with van der Waals surface area (Å²) in [5.74, 6) is 0.516. The molecule has 0 spiro atoms. The summed E-state index contributed by atoms with van der Waals surface area (Å²) in [6.07, 6.45) is 5.71. The maximum absolute atomic E-state index is 14.3. The lowest BCUT2D eigenvalue weighted by atomic mass is 9.81. The smallest absolute Gasteiger partial charge is 0.338 e. The average molecular weight is 695 g/mol. The summed E-state index contributed by atoms with van der Waals surface area (Å²) in [6.45, 7) is 8.64. The molecule has 11 nitrogen and oxygen atoms in total. The van der Waals surface area contributed by atoms with Crippen molar-refractivity contribution in [1.29, 1.82) is 0 Å². The summed E-state index contributed by atoms with van der Waals surface area (Å²) in [5, 5.41) is 6.24. The van der Waals surface area contributed by atoms with Crippen LogP contribution >= 0.6 is 0 Å². The number of carbonyl (C=O) groups is 2. The topological polar surface area (TPSA) is 133 Å². The maximum Gasteiger partial charge on any atom is 0.338 e.